The highest BCUT2D eigenvalue weighted by molar-refractivity contribution is 7.99. The molecule has 2 rings (SSSR count). The molecule has 1 amide bonds. The number of carbonyl (C=O) groups is 1. The Morgan fingerprint density at radius 2 is 2.05 bits per heavy atom. The van der Waals surface area contributed by atoms with E-state index in [0.29, 0.717) is 22.2 Å². The van der Waals surface area contributed by atoms with Crippen molar-refractivity contribution in [3.05, 3.63) is 59.1 Å². The van der Waals surface area contributed by atoms with Gasteiger partial charge < -0.3 is 10.1 Å². The first-order chi connectivity index (χ1) is 10.2. The van der Waals surface area contributed by atoms with E-state index in [4.69, 9.17) is 16.3 Å². The highest BCUT2D eigenvalue weighted by Crippen LogP contribution is 2.23. The van der Waals surface area contributed by atoms with E-state index in [2.05, 4.69) is 5.32 Å². The molecule has 2 aromatic rings. The number of methoxy groups -OCH3 is 1. The Morgan fingerprint density at radius 1 is 1.24 bits per heavy atom. The number of benzene rings is 2. The van der Waals surface area contributed by atoms with Gasteiger partial charge in [-0.05, 0) is 29.8 Å². The van der Waals surface area contributed by atoms with E-state index in [1.54, 1.807) is 18.9 Å². The zero-order chi connectivity index (χ0) is 15.1. The minimum Gasteiger partial charge on any atom is -0.495 e. The molecule has 0 fully saturated rings. The molecule has 0 bridgehead atoms. The third kappa shape index (κ3) is 4.99. The topological polar surface area (TPSA) is 38.3 Å². The number of para-hydroxylation sites is 2. The number of nitrogens with one attached hydrogen (secondary N) is 1. The summed E-state index contributed by atoms with van der Waals surface area (Å²) in [6, 6.07) is 15.0. The number of rotatable bonds is 6. The second kappa shape index (κ2) is 7.96. The minimum absolute atomic E-state index is 0.0495. The van der Waals surface area contributed by atoms with Crippen LogP contribution >= 0.6 is 23.4 Å². The second-order valence-electron chi connectivity index (χ2n) is 4.37. The number of thioether (sulfide) groups is 1. The number of halogens is 1. The molecule has 0 spiro atoms. The monoisotopic (exact) mass is 321 g/mol. The highest BCUT2D eigenvalue weighted by atomic mass is 35.5. The van der Waals surface area contributed by atoms with Crippen LogP contribution in [0, 0.1) is 0 Å². The molecule has 5 heteroatoms. The Balaban J connectivity index is 1.82. The van der Waals surface area contributed by atoms with Crippen LogP contribution in [0.4, 0.5) is 5.69 Å². The second-order valence-corrected chi connectivity index (χ2v) is 5.79. The molecule has 0 radical (unpaired) electrons. The summed E-state index contributed by atoms with van der Waals surface area (Å²) in [5.41, 5.74) is 1.80. The lowest BCUT2D eigenvalue weighted by molar-refractivity contribution is -0.113. The van der Waals surface area contributed by atoms with E-state index >= 15 is 0 Å². The molecule has 0 heterocycles. The molecule has 0 atom stereocenters. The lowest BCUT2D eigenvalue weighted by Crippen LogP contribution is -2.14. The van der Waals surface area contributed by atoms with Crippen LogP contribution in [0.5, 0.6) is 5.75 Å². The fourth-order valence-corrected chi connectivity index (χ4v) is 2.81. The molecule has 0 aromatic heterocycles. The zero-order valence-electron chi connectivity index (χ0n) is 11.6. The van der Waals surface area contributed by atoms with Crippen molar-refractivity contribution in [1.82, 2.24) is 0 Å². The summed E-state index contributed by atoms with van der Waals surface area (Å²) in [7, 11) is 1.58. The molecular weight excluding hydrogens is 306 g/mol. The first kappa shape index (κ1) is 15.7. The van der Waals surface area contributed by atoms with Crippen LogP contribution in [0.15, 0.2) is 48.5 Å². The number of ether oxygens (including phenoxy) is 1. The van der Waals surface area contributed by atoms with Gasteiger partial charge in [0.2, 0.25) is 5.91 Å². The van der Waals surface area contributed by atoms with Crippen LogP contribution in [0.2, 0.25) is 5.02 Å². The standard InChI is InChI=1S/C16H16ClNO2S/c1-20-15-8-3-2-7-14(15)18-16(19)11-21-10-12-5-4-6-13(17)9-12/h2-9H,10-11H2,1H3,(H,18,19). The Hall–Kier alpha value is -1.65. The van der Waals surface area contributed by atoms with E-state index in [-0.39, 0.29) is 5.91 Å². The van der Waals surface area contributed by atoms with Gasteiger partial charge in [-0.2, -0.15) is 0 Å². The van der Waals surface area contributed by atoms with Crippen molar-refractivity contribution in [3.8, 4) is 5.75 Å². The van der Waals surface area contributed by atoms with Crippen LogP contribution in [0.3, 0.4) is 0 Å². The van der Waals surface area contributed by atoms with Gasteiger partial charge in [-0.15, -0.1) is 11.8 Å². The smallest absolute Gasteiger partial charge is 0.234 e. The van der Waals surface area contributed by atoms with E-state index in [0.717, 1.165) is 11.3 Å². The Kier molecular flexibility index (Phi) is 5.96. The SMILES string of the molecule is COc1ccccc1NC(=O)CSCc1cccc(Cl)c1. The number of hydrogen-bond acceptors (Lipinski definition) is 3. The summed E-state index contributed by atoms with van der Waals surface area (Å²) < 4.78 is 5.20. The predicted molar refractivity (Wildman–Crippen MR) is 89.2 cm³/mol. The van der Waals surface area contributed by atoms with Crippen molar-refractivity contribution >= 4 is 35.0 Å². The number of carbonyl (C=O) groups excluding carboxylic acids is 1. The van der Waals surface area contributed by atoms with E-state index in [9.17, 15) is 4.79 Å². The average molecular weight is 322 g/mol. The fourth-order valence-electron chi connectivity index (χ4n) is 1.82. The summed E-state index contributed by atoms with van der Waals surface area (Å²) in [6.07, 6.45) is 0. The summed E-state index contributed by atoms with van der Waals surface area (Å²) in [5, 5.41) is 3.56. The molecule has 0 saturated carbocycles. The van der Waals surface area contributed by atoms with E-state index in [1.807, 2.05) is 48.5 Å². The first-order valence-electron chi connectivity index (χ1n) is 6.44. The van der Waals surface area contributed by atoms with Crippen molar-refractivity contribution in [1.29, 1.82) is 0 Å². The fraction of sp³-hybridized carbons (Fsp3) is 0.188. The van der Waals surface area contributed by atoms with Gasteiger partial charge in [-0.3, -0.25) is 4.79 Å². The van der Waals surface area contributed by atoms with Gasteiger partial charge in [0, 0.05) is 10.8 Å². The molecule has 3 nitrogen and oxygen atoms in total. The summed E-state index contributed by atoms with van der Waals surface area (Å²) in [4.78, 5) is 11.9. The van der Waals surface area contributed by atoms with Gasteiger partial charge in [0.1, 0.15) is 5.75 Å². The maximum absolute atomic E-state index is 11.9. The molecule has 0 aliphatic carbocycles. The highest BCUT2D eigenvalue weighted by Gasteiger charge is 2.07. The van der Waals surface area contributed by atoms with Crippen molar-refractivity contribution in [2.45, 2.75) is 5.75 Å². The molecule has 0 saturated heterocycles. The number of anilines is 1. The van der Waals surface area contributed by atoms with Gasteiger partial charge >= 0.3 is 0 Å². The largest absolute Gasteiger partial charge is 0.495 e. The molecule has 110 valence electrons. The zero-order valence-corrected chi connectivity index (χ0v) is 13.2. The van der Waals surface area contributed by atoms with Crippen LogP contribution < -0.4 is 10.1 Å². The third-order valence-corrected chi connectivity index (χ3v) is 4.01. The number of hydrogen-bond donors (Lipinski definition) is 1. The molecule has 21 heavy (non-hydrogen) atoms. The molecule has 0 aliphatic rings. The maximum atomic E-state index is 11.9. The third-order valence-electron chi connectivity index (χ3n) is 2.77. The van der Waals surface area contributed by atoms with Gasteiger partial charge in [0.25, 0.3) is 0 Å². The quantitative estimate of drug-likeness (QED) is 0.865. The van der Waals surface area contributed by atoms with E-state index < -0.39 is 0 Å². The van der Waals surface area contributed by atoms with Crippen LogP contribution in [0.25, 0.3) is 0 Å². The van der Waals surface area contributed by atoms with Crippen molar-refractivity contribution in [3.63, 3.8) is 0 Å². The van der Waals surface area contributed by atoms with Gasteiger partial charge in [0.15, 0.2) is 0 Å². The predicted octanol–water partition coefficient (Wildman–Crippen LogP) is 4.22. The molecular formula is C16H16ClNO2S. The normalized spacial score (nSPS) is 10.2. The summed E-state index contributed by atoms with van der Waals surface area (Å²) in [6.45, 7) is 0. The first-order valence-corrected chi connectivity index (χ1v) is 7.97. The van der Waals surface area contributed by atoms with Crippen LogP contribution in [0.1, 0.15) is 5.56 Å². The maximum Gasteiger partial charge on any atom is 0.234 e. The Bertz CT molecular complexity index is 619. The number of amides is 1. The molecule has 0 aliphatic heterocycles. The lowest BCUT2D eigenvalue weighted by Gasteiger charge is -2.09. The van der Waals surface area contributed by atoms with Crippen molar-refractivity contribution < 1.29 is 9.53 Å². The van der Waals surface area contributed by atoms with Crippen LogP contribution in [-0.4, -0.2) is 18.8 Å². The summed E-state index contributed by atoms with van der Waals surface area (Å²) in [5.74, 6) is 1.74. The van der Waals surface area contributed by atoms with Crippen molar-refractivity contribution in [2.75, 3.05) is 18.2 Å². The minimum atomic E-state index is -0.0495. The summed E-state index contributed by atoms with van der Waals surface area (Å²) >= 11 is 7.47. The Morgan fingerprint density at radius 3 is 2.81 bits per heavy atom. The van der Waals surface area contributed by atoms with Crippen LogP contribution in [-0.2, 0) is 10.5 Å². The lowest BCUT2D eigenvalue weighted by atomic mass is 10.2. The van der Waals surface area contributed by atoms with Gasteiger partial charge in [0.05, 0.1) is 18.6 Å². The molecule has 2 aromatic carbocycles. The Labute approximate surface area is 133 Å². The van der Waals surface area contributed by atoms with E-state index in [1.165, 1.54) is 0 Å². The van der Waals surface area contributed by atoms with Crippen molar-refractivity contribution in [2.24, 2.45) is 0 Å². The average Bonchev–Trinajstić information content (AvgIpc) is 2.48. The van der Waals surface area contributed by atoms with Gasteiger partial charge in [-0.1, -0.05) is 35.9 Å². The van der Waals surface area contributed by atoms with Gasteiger partial charge in [-0.25, -0.2) is 0 Å². The molecule has 0 unspecified atom stereocenters. The molecule has 1 N–H and O–H groups in total.